The van der Waals surface area contributed by atoms with E-state index in [1.54, 1.807) is 6.92 Å². The lowest BCUT2D eigenvalue weighted by Gasteiger charge is -2.15. The van der Waals surface area contributed by atoms with E-state index in [0.717, 1.165) is 34.5 Å². The van der Waals surface area contributed by atoms with Crippen LogP contribution in [-0.2, 0) is 13.1 Å². The van der Waals surface area contributed by atoms with Crippen LogP contribution in [0.5, 0.6) is 0 Å². The van der Waals surface area contributed by atoms with Gasteiger partial charge in [0.15, 0.2) is 5.78 Å². The standard InChI is InChI=1S/C18H18ClN3O/c1-12(23)14-5-3-13(4-6-14)10-22(2)11-18-20-16-8-7-15(19)9-17(16)21-18/h3-9H,10-11H2,1-2H3,(H,20,21). The summed E-state index contributed by atoms with van der Waals surface area (Å²) in [5, 5.41) is 0.701. The van der Waals surface area contributed by atoms with Crippen molar-refractivity contribution >= 4 is 28.4 Å². The topological polar surface area (TPSA) is 49.0 Å². The Kier molecular flexibility index (Phi) is 4.46. The number of nitrogens with zero attached hydrogens (tertiary/aromatic N) is 2. The van der Waals surface area contributed by atoms with Gasteiger partial charge in [-0.3, -0.25) is 9.69 Å². The highest BCUT2D eigenvalue weighted by Crippen LogP contribution is 2.18. The molecule has 0 spiro atoms. The molecule has 0 radical (unpaired) electrons. The first kappa shape index (κ1) is 15.7. The molecule has 1 N–H and O–H groups in total. The number of carbonyl (C=O) groups excluding carboxylic acids is 1. The first-order chi connectivity index (χ1) is 11.0. The van der Waals surface area contributed by atoms with Crippen molar-refractivity contribution in [2.24, 2.45) is 0 Å². The summed E-state index contributed by atoms with van der Waals surface area (Å²) in [5.41, 5.74) is 3.78. The average Bonchev–Trinajstić information content (AvgIpc) is 2.88. The number of hydrogen-bond acceptors (Lipinski definition) is 3. The molecule has 2 aromatic carbocycles. The predicted molar refractivity (Wildman–Crippen MR) is 92.7 cm³/mol. The van der Waals surface area contributed by atoms with Gasteiger partial charge in [-0.2, -0.15) is 0 Å². The molecule has 23 heavy (non-hydrogen) atoms. The number of Topliss-reactive ketones (excluding diaryl/α,β-unsaturated/α-hetero) is 1. The lowest BCUT2D eigenvalue weighted by molar-refractivity contribution is 0.101. The van der Waals surface area contributed by atoms with Crippen LogP contribution < -0.4 is 0 Å². The molecule has 0 aliphatic carbocycles. The molecular weight excluding hydrogens is 310 g/mol. The Bertz CT molecular complexity index is 839. The number of benzene rings is 2. The third-order valence-corrected chi connectivity index (χ3v) is 3.96. The Morgan fingerprint density at radius 3 is 2.61 bits per heavy atom. The third kappa shape index (κ3) is 3.78. The van der Waals surface area contributed by atoms with E-state index in [4.69, 9.17) is 11.6 Å². The second-order valence-corrected chi connectivity index (χ2v) is 6.21. The molecular formula is C18H18ClN3O. The molecule has 5 heteroatoms. The van der Waals surface area contributed by atoms with Gasteiger partial charge in [-0.25, -0.2) is 4.98 Å². The molecule has 0 amide bonds. The highest BCUT2D eigenvalue weighted by Gasteiger charge is 2.07. The molecule has 0 aliphatic heterocycles. The average molecular weight is 328 g/mol. The maximum Gasteiger partial charge on any atom is 0.159 e. The van der Waals surface area contributed by atoms with E-state index in [1.165, 1.54) is 0 Å². The van der Waals surface area contributed by atoms with Crippen LogP contribution in [0.4, 0.5) is 0 Å². The first-order valence-electron chi connectivity index (χ1n) is 7.44. The minimum absolute atomic E-state index is 0.0887. The van der Waals surface area contributed by atoms with Crippen LogP contribution in [0.3, 0.4) is 0 Å². The van der Waals surface area contributed by atoms with Gasteiger partial charge in [-0.15, -0.1) is 0 Å². The Hall–Kier alpha value is -2.17. The summed E-state index contributed by atoms with van der Waals surface area (Å²) in [6.07, 6.45) is 0. The maximum absolute atomic E-state index is 11.3. The van der Waals surface area contributed by atoms with Crippen LogP contribution in [0, 0.1) is 0 Å². The summed E-state index contributed by atoms with van der Waals surface area (Å²) in [6, 6.07) is 13.4. The lowest BCUT2D eigenvalue weighted by atomic mass is 10.1. The molecule has 0 saturated carbocycles. The van der Waals surface area contributed by atoms with Gasteiger partial charge in [0.1, 0.15) is 5.82 Å². The van der Waals surface area contributed by atoms with E-state index in [1.807, 2.05) is 49.5 Å². The van der Waals surface area contributed by atoms with Gasteiger partial charge < -0.3 is 4.98 Å². The van der Waals surface area contributed by atoms with E-state index in [9.17, 15) is 4.79 Å². The zero-order valence-electron chi connectivity index (χ0n) is 13.1. The summed E-state index contributed by atoms with van der Waals surface area (Å²) in [4.78, 5) is 21.3. The number of aromatic amines is 1. The van der Waals surface area contributed by atoms with Gasteiger partial charge in [0.05, 0.1) is 17.6 Å². The number of halogens is 1. The third-order valence-electron chi connectivity index (χ3n) is 3.73. The quantitative estimate of drug-likeness (QED) is 0.719. The zero-order valence-corrected chi connectivity index (χ0v) is 13.9. The van der Waals surface area contributed by atoms with E-state index in [0.29, 0.717) is 11.6 Å². The molecule has 0 aliphatic rings. The molecule has 3 rings (SSSR count). The number of nitrogens with one attached hydrogen (secondary N) is 1. The number of H-pyrrole nitrogens is 1. The second kappa shape index (κ2) is 6.52. The molecule has 1 aromatic heterocycles. The highest BCUT2D eigenvalue weighted by atomic mass is 35.5. The molecule has 1 heterocycles. The normalized spacial score (nSPS) is 11.3. The van der Waals surface area contributed by atoms with Gasteiger partial charge in [-0.1, -0.05) is 35.9 Å². The molecule has 0 bridgehead atoms. The van der Waals surface area contributed by atoms with E-state index < -0.39 is 0 Å². The van der Waals surface area contributed by atoms with Gasteiger partial charge in [0, 0.05) is 17.1 Å². The summed E-state index contributed by atoms with van der Waals surface area (Å²) < 4.78 is 0. The molecule has 0 unspecified atom stereocenters. The Morgan fingerprint density at radius 1 is 1.17 bits per heavy atom. The number of hydrogen-bond donors (Lipinski definition) is 1. The SMILES string of the molecule is CC(=O)c1ccc(CN(C)Cc2nc3ccc(Cl)cc3[nH]2)cc1. The number of rotatable bonds is 5. The first-order valence-corrected chi connectivity index (χ1v) is 7.81. The van der Waals surface area contributed by atoms with E-state index >= 15 is 0 Å². The van der Waals surface area contributed by atoms with Crippen LogP contribution in [0.1, 0.15) is 28.7 Å². The smallest absolute Gasteiger partial charge is 0.159 e. The second-order valence-electron chi connectivity index (χ2n) is 5.77. The largest absolute Gasteiger partial charge is 0.341 e. The van der Waals surface area contributed by atoms with Crippen molar-refractivity contribution in [2.75, 3.05) is 7.05 Å². The predicted octanol–water partition coefficient (Wildman–Crippen LogP) is 4.05. The fraction of sp³-hybridized carbons (Fsp3) is 0.222. The van der Waals surface area contributed by atoms with Crippen molar-refractivity contribution in [3.8, 4) is 0 Å². The van der Waals surface area contributed by atoms with Crippen LogP contribution in [0.15, 0.2) is 42.5 Å². The minimum atomic E-state index is 0.0887. The van der Waals surface area contributed by atoms with Gasteiger partial charge in [0.25, 0.3) is 0 Å². The van der Waals surface area contributed by atoms with Crippen molar-refractivity contribution in [2.45, 2.75) is 20.0 Å². The van der Waals surface area contributed by atoms with E-state index in [2.05, 4.69) is 14.9 Å². The van der Waals surface area contributed by atoms with E-state index in [-0.39, 0.29) is 5.78 Å². The molecule has 3 aromatic rings. The Balaban J connectivity index is 1.67. The Labute approximate surface area is 140 Å². The number of ketones is 1. The van der Waals surface area contributed by atoms with Crippen LogP contribution in [-0.4, -0.2) is 27.7 Å². The Morgan fingerprint density at radius 2 is 1.91 bits per heavy atom. The molecule has 118 valence electrons. The minimum Gasteiger partial charge on any atom is -0.341 e. The lowest BCUT2D eigenvalue weighted by Crippen LogP contribution is -2.18. The van der Waals surface area contributed by atoms with Crippen molar-refractivity contribution in [3.05, 3.63) is 64.4 Å². The summed E-state index contributed by atoms with van der Waals surface area (Å²) >= 11 is 5.99. The van der Waals surface area contributed by atoms with Gasteiger partial charge in [-0.05, 0) is 37.7 Å². The summed E-state index contributed by atoms with van der Waals surface area (Å²) in [7, 11) is 2.04. The highest BCUT2D eigenvalue weighted by molar-refractivity contribution is 6.31. The number of imidazole rings is 1. The van der Waals surface area contributed by atoms with Crippen LogP contribution in [0.25, 0.3) is 11.0 Å². The number of carbonyl (C=O) groups is 1. The summed E-state index contributed by atoms with van der Waals surface area (Å²) in [5.74, 6) is 0.996. The molecule has 4 nitrogen and oxygen atoms in total. The van der Waals surface area contributed by atoms with Crippen molar-refractivity contribution in [1.82, 2.24) is 14.9 Å². The monoisotopic (exact) mass is 327 g/mol. The van der Waals surface area contributed by atoms with Crippen LogP contribution >= 0.6 is 11.6 Å². The maximum atomic E-state index is 11.3. The summed E-state index contributed by atoms with van der Waals surface area (Å²) in [6.45, 7) is 3.08. The molecule has 0 fully saturated rings. The fourth-order valence-corrected chi connectivity index (χ4v) is 2.75. The van der Waals surface area contributed by atoms with Crippen molar-refractivity contribution in [3.63, 3.8) is 0 Å². The zero-order chi connectivity index (χ0) is 16.4. The number of aromatic nitrogens is 2. The van der Waals surface area contributed by atoms with Crippen LogP contribution in [0.2, 0.25) is 5.02 Å². The van der Waals surface area contributed by atoms with Gasteiger partial charge in [0.2, 0.25) is 0 Å². The number of fused-ring (bicyclic) bond motifs is 1. The molecule has 0 atom stereocenters. The van der Waals surface area contributed by atoms with Crippen molar-refractivity contribution in [1.29, 1.82) is 0 Å². The molecule has 0 saturated heterocycles. The van der Waals surface area contributed by atoms with Crippen molar-refractivity contribution < 1.29 is 4.79 Å². The van der Waals surface area contributed by atoms with Gasteiger partial charge >= 0.3 is 0 Å². The fourth-order valence-electron chi connectivity index (χ4n) is 2.58.